The lowest BCUT2D eigenvalue weighted by molar-refractivity contribution is 0.459. The highest BCUT2D eigenvalue weighted by molar-refractivity contribution is 7.18. The number of fused-ring (bicyclic) bond motifs is 1. The van der Waals surface area contributed by atoms with E-state index in [0.29, 0.717) is 11.8 Å². The summed E-state index contributed by atoms with van der Waals surface area (Å²) in [6.07, 6.45) is 0. The second-order valence-electron chi connectivity index (χ2n) is 5.17. The molecule has 3 nitrogen and oxygen atoms in total. The zero-order valence-electron chi connectivity index (χ0n) is 12.1. The number of nitrogens with zero attached hydrogens (tertiary/aromatic N) is 2. The molecule has 0 amide bonds. The van der Waals surface area contributed by atoms with Crippen LogP contribution in [0.25, 0.3) is 10.2 Å². The van der Waals surface area contributed by atoms with Gasteiger partial charge in [0.15, 0.2) is 0 Å². The van der Waals surface area contributed by atoms with Gasteiger partial charge >= 0.3 is 0 Å². The van der Waals surface area contributed by atoms with Crippen molar-refractivity contribution in [2.45, 2.75) is 26.7 Å². The Balaban J connectivity index is 2.10. The molecule has 2 aromatic heterocycles. The summed E-state index contributed by atoms with van der Waals surface area (Å²) < 4.78 is 6.05. The van der Waals surface area contributed by atoms with E-state index in [1.54, 1.807) is 11.3 Å². The minimum Gasteiger partial charge on any atom is -0.438 e. The van der Waals surface area contributed by atoms with Crippen LogP contribution in [0.15, 0.2) is 30.3 Å². The van der Waals surface area contributed by atoms with Gasteiger partial charge in [0.1, 0.15) is 10.6 Å². The molecule has 3 aromatic rings. The second kappa shape index (κ2) is 5.62. The molecule has 108 valence electrons. The lowest BCUT2D eigenvalue weighted by Gasteiger charge is -2.13. The van der Waals surface area contributed by atoms with Gasteiger partial charge in [-0.3, -0.25) is 0 Å². The number of aromatic nitrogens is 2. The molecule has 0 saturated carbocycles. The first-order chi connectivity index (χ1) is 10.0. The summed E-state index contributed by atoms with van der Waals surface area (Å²) in [4.78, 5) is 10.5. The normalized spacial score (nSPS) is 11.3. The maximum absolute atomic E-state index is 6.05. The zero-order valence-corrected chi connectivity index (χ0v) is 13.6. The quantitative estimate of drug-likeness (QED) is 0.592. The minimum atomic E-state index is 0.210. The molecule has 0 fully saturated rings. The molecule has 5 heteroatoms. The summed E-state index contributed by atoms with van der Waals surface area (Å²) >= 11 is 7.59. The predicted molar refractivity (Wildman–Crippen MR) is 87.8 cm³/mol. The fraction of sp³-hybridized carbons (Fsp3) is 0.250. The van der Waals surface area contributed by atoms with Crippen LogP contribution in [0.1, 0.15) is 30.2 Å². The molecule has 0 atom stereocenters. The second-order valence-corrected chi connectivity index (χ2v) is 6.74. The van der Waals surface area contributed by atoms with Crippen LogP contribution < -0.4 is 4.74 Å². The monoisotopic (exact) mass is 318 g/mol. The van der Waals surface area contributed by atoms with E-state index in [-0.39, 0.29) is 5.28 Å². The van der Waals surface area contributed by atoms with Crippen molar-refractivity contribution in [2.24, 2.45) is 0 Å². The van der Waals surface area contributed by atoms with Gasteiger partial charge in [0.2, 0.25) is 11.2 Å². The van der Waals surface area contributed by atoms with Crippen LogP contribution in [-0.2, 0) is 0 Å². The molecule has 0 bridgehead atoms. The topological polar surface area (TPSA) is 35.0 Å². The molecular weight excluding hydrogens is 304 g/mol. The summed E-state index contributed by atoms with van der Waals surface area (Å²) in [6, 6.07) is 10.0. The van der Waals surface area contributed by atoms with Crippen LogP contribution in [0.2, 0.25) is 5.28 Å². The van der Waals surface area contributed by atoms with E-state index in [9.17, 15) is 0 Å². The van der Waals surface area contributed by atoms with Gasteiger partial charge in [0, 0.05) is 4.88 Å². The SMILES string of the molecule is Cc1cc2c(Oc3ccccc3C(C)C)nc(Cl)nc2s1. The fourth-order valence-electron chi connectivity index (χ4n) is 2.22. The van der Waals surface area contributed by atoms with Crippen molar-refractivity contribution in [3.05, 3.63) is 46.1 Å². The van der Waals surface area contributed by atoms with Crippen molar-refractivity contribution in [3.8, 4) is 11.6 Å². The Bertz CT molecular complexity index is 798. The summed E-state index contributed by atoms with van der Waals surface area (Å²) in [7, 11) is 0. The molecule has 0 aliphatic heterocycles. The Hall–Kier alpha value is -1.65. The van der Waals surface area contributed by atoms with Gasteiger partial charge in [-0.05, 0) is 42.1 Å². The third kappa shape index (κ3) is 2.87. The first-order valence-corrected chi connectivity index (χ1v) is 7.94. The average Bonchev–Trinajstić information content (AvgIpc) is 2.79. The summed E-state index contributed by atoms with van der Waals surface area (Å²) in [6.45, 7) is 6.31. The van der Waals surface area contributed by atoms with E-state index in [4.69, 9.17) is 16.3 Å². The predicted octanol–water partition coefficient (Wildman–Crippen LogP) is 5.57. The molecule has 0 aliphatic rings. The Morgan fingerprint density at radius 3 is 2.71 bits per heavy atom. The van der Waals surface area contributed by atoms with Crippen LogP contribution in [0.4, 0.5) is 0 Å². The Labute approximate surface area is 132 Å². The molecule has 0 aliphatic carbocycles. The van der Waals surface area contributed by atoms with Gasteiger partial charge in [-0.2, -0.15) is 4.98 Å². The first-order valence-electron chi connectivity index (χ1n) is 6.75. The minimum absolute atomic E-state index is 0.210. The standard InChI is InChI=1S/C16H15ClN2OS/c1-9(2)11-6-4-5-7-13(11)20-14-12-8-10(3)21-15(12)19-16(17)18-14/h4-9H,1-3H3. The van der Waals surface area contributed by atoms with E-state index < -0.39 is 0 Å². The van der Waals surface area contributed by atoms with Crippen molar-refractivity contribution in [2.75, 3.05) is 0 Å². The molecule has 0 spiro atoms. The molecule has 1 aromatic carbocycles. The highest BCUT2D eigenvalue weighted by Gasteiger charge is 2.14. The summed E-state index contributed by atoms with van der Waals surface area (Å²) in [5.41, 5.74) is 1.15. The van der Waals surface area contributed by atoms with Gasteiger partial charge in [-0.1, -0.05) is 32.0 Å². The Morgan fingerprint density at radius 1 is 1.19 bits per heavy atom. The van der Waals surface area contributed by atoms with Crippen molar-refractivity contribution in [3.63, 3.8) is 0 Å². The lowest BCUT2D eigenvalue weighted by atomic mass is 10.0. The van der Waals surface area contributed by atoms with E-state index in [1.165, 1.54) is 0 Å². The van der Waals surface area contributed by atoms with Gasteiger partial charge in [0.05, 0.1) is 5.39 Å². The van der Waals surface area contributed by atoms with Crippen LogP contribution in [0.5, 0.6) is 11.6 Å². The molecule has 0 saturated heterocycles. The zero-order chi connectivity index (χ0) is 15.0. The number of para-hydroxylation sites is 1. The number of aryl methyl sites for hydroxylation is 1. The molecule has 2 heterocycles. The number of rotatable bonds is 3. The summed E-state index contributed by atoms with van der Waals surface area (Å²) in [5.74, 6) is 1.70. The number of thiophene rings is 1. The Morgan fingerprint density at radius 2 is 1.95 bits per heavy atom. The van der Waals surface area contributed by atoms with E-state index in [0.717, 1.165) is 26.4 Å². The summed E-state index contributed by atoms with van der Waals surface area (Å²) in [5, 5.41) is 1.11. The average molecular weight is 319 g/mol. The third-order valence-corrected chi connectivity index (χ3v) is 4.31. The van der Waals surface area contributed by atoms with Crippen molar-refractivity contribution in [1.29, 1.82) is 0 Å². The highest BCUT2D eigenvalue weighted by Crippen LogP contribution is 2.36. The highest BCUT2D eigenvalue weighted by atomic mass is 35.5. The smallest absolute Gasteiger partial charge is 0.232 e. The van der Waals surface area contributed by atoms with E-state index >= 15 is 0 Å². The maximum Gasteiger partial charge on any atom is 0.232 e. The Kier molecular flexibility index (Phi) is 3.83. The van der Waals surface area contributed by atoms with Gasteiger partial charge in [-0.15, -0.1) is 11.3 Å². The number of halogens is 1. The van der Waals surface area contributed by atoms with Crippen LogP contribution in [0, 0.1) is 6.92 Å². The molecule has 21 heavy (non-hydrogen) atoms. The molecule has 3 rings (SSSR count). The number of hydrogen-bond donors (Lipinski definition) is 0. The van der Waals surface area contributed by atoms with Gasteiger partial charge < -0.3 is 4.74 Å². The largest absolute Gasteiger partial charge is 0.438 e. The van der Waals surface area contributed by atoms with Crippen LogP contribution in [-0.4, -0.2) is 9.97 Å². The van der Waals surface area contributed by atoms with E-state index in [1.807, 2.05) is 31.2 Å². The van der Waals surface area contributed by atoms with E-state index in [2.05, 4.69) is 29.9 Å². The number of benzene rings is 1. The van der Waals surface area contributed by atoms with Crippen LogP contribution >= 0.6 is 22.9 Å². The fourth-order valence-corrected chi connectivity index (χ4v) is 3.30. The maximum atomic E-state index is 6.05. The molecule has 0 radical (unpaired) electrons. The number of hydrogen-bond acceptors (Lipinski definition) is 4. The van der Waals surface area contributed by atoms with Gasteiger partial charge in [0.25, 0.3) is 0 Å². The van der Waals surface area contributed by atoms with Crippen molar-refractivity contribution < 1.29 is 4.74 Å². The van der Waals surface area contributed by atoms with Crippen molar-refractivity contribution in [1.82, 2.24) is 9.97 Å². The number of ether oxygens (including phenoxy) is 1. The lowest BCUT2D eigenvalue weighted by Crippen LogP contribution is -1.96. The third-order valence-electron chi connectivity index (χ3n) is 3.20. The first kappa shape index (κ1) is 14.3. The molecule has 0 unspecified atom stereocenters. The van der Waals surface area contributed by atoms with Crippen LogP contribution in [0.3, 0.4) is 0 Å². The molecular formula is C16H15ClN2OS. The molecule has 0 N–H and O–H groups in total. The van der Waals surface area contributed by atoms with Gasteiger partial charge in [-0.25, -0.2) is 4.98 Å². The van der Waals surface area contributed by atoms with Crippen molar-refractivity contribution >= 4 is 33.2 Å².